The number of nitrogens with one attached hydrogen (secondary N) is 1. The topological polar surface area (TPSA) is 49.3 Å². The van der Waals surface area contributed by atoms with E-state index < -0.39 is 0 Å². The molecular formula is C12H16ClNO2S. The number of rotatable bonds is 5. The second-order valence-corrected chi connectivity index (χ2v) is 5.02. The molecule has 1 aromatic carbocycles. The monoisotopic (exact) mass is 273 g/mol. The first-order chi connectivity index (χ1) is 8.08. The summed E-state index contributed by atoms with van der Waals surface area (Å²) < 4.78 is 0. The van der Waals surface area contributed by atoms with E-state index in [1.807, 2.05) is 13.2 Å². The number of phenolic OH excluding ortho intramolecular Hbond substituents is 1. The molecule has 0 fully saturated rings. The van der Waals surface area contributed by atoms with Crippen molar-refractivity contribution >= 4 is 29.3 Å². The number of amides is 1. The zero-order valence-electron chi connectivity index (χ0n) is 9.87. The summed E-state index contributed by atoms with van der Waals surface area (Å²) in [6.07, 6.45) is 2.86. The molecule has 0 spiro atoms. The average molecular weight is 274 g/mol. The number of hydrogen-bond acceptors (Lipinski definition) is 3. The zero-order valence-corrected chi connectivity index (χ0v) is 11.4. The van der Waals surface area contributed by atoms with Crippen molar-refractivity contribution in [1.82, 2.24) is 5.32 Å². The lowest BCUT2D eigenvalue weighted by molar-refractivity contribution is 0.0940. The maximum atomic E-state index is 11.9. The second kappa shape index (κ2) is 6.77. The molecule has 0 aliphatic carbocycles. The molecule has 1 atom stereocenters. The highest BCUT2D eigenvalue weighted by Crippen LogP contribution is 2.21. The second-order valence-electron chi connectivity index (χ2n) is 3.70. The maximum absolute atomic E-state index is 11.9. The molecule has 0 bridgehead atoms. The zero-order chi connectivity index (χ0) is 12.8. The number of phenols is 1. The molecule has 0 saturated heterocycles. The summed E-state index contributed by atoms with van der Waals surface area (Å²) in [5, 5.41) is 12.6. The summed E-state index contributed by atoms with van der Waals surface area (Å²) in [5.74, 6) is 0.655. The summed E-state index contributed by atoms with van der Waals surface area (Å²) in [6, 6.07) is 4.47. The Kier molecular flexibility index (Phi) is 5.65. The van der Waals surface area contributed by atoms with Crippen LogP contribution in [-0.2, 0) is 0 Å². The van der Waals surface area contributed by atoms with Crippen LogP contribution in [0.25, 0.3) is 0 Å². The van der Waals surface area contributed by atoms with Gasteiger partial charge in [0, 0.05) is 11.8 Å². The van der Waals surface area contributed by atoms with Gasteiger partial charge in [0.1, 0.15) is 5.75 Å². The van der Waals surface area contributed by atoms with Crippen LogP contribution in [0.3, 0.4) is 0 Å². The van der Waals surface area contributed by atoms with Crippen LogP contribution in [0.4, 0.5) is 0 Å². The van der Waals surface area contributed by atoms with Gasteiger partial charge in [-0.15, -0.1) is 0 Å². The van der Waals surface area contributed by atoms with Gasteiger partial charge in [-0.3, -0.25) is 4.79 Å². The van der Waals surface area contributed by atoms with Gasteiger partial charge in [-0.05, 0) is 30.9 Å². The number of hydrogen-bond donors (Lipinski definition) is 2. The van der Waals surface area contributed by atoms with Crippen LogP contribution in [0.1, 0.15) is 23.7 Å². The number of benzene rings is 1. The summed E-state index contributed by atoms with van der Waals surface area (Å²) >= 11 is 7.60. The Bertz CT molecular complexity index is 398. The minimum absolute atomic E-state index is 0.0393. The van der Waals surface area contributed by atoms with E-state index in [2.05, 4.69) is 5.32 Å². The number of carbonyl (C=O) groups excluding carboxylic acids is 1. The normalized spacial score (nSPS) is 12.2. The first kappa shape index (κ1) is 14.2. The van der Waals surface area contributed by atoms with E-state index in [0.717, 1.165) is 12.2 Å². The van der Waals surface area contributed by atoms with E-state index in [1.165, 1.54) is 18.2 Å². The predicted octanol–water partition coefficient (Wildman–Crippen LogP) is 2.92. The predicted molar refractivity (Wildman–Crippen MR) is 73.0 cm³/mol. The Morgan fingerprint density at radius 2 is 2.29 bits per heavy atom. The minimum atomic E-state index is -0.244. The summed E-state index contributed by atoms with van der Waals surface area (Å²) in [4.78, 5) is 11.9. The Hall–Kier alpha value is -0.870. The first-order valence-electron chi connectivity index (χ1n) is 5.36. The molecule has 1 unspecified atom stereocenters. The molecule has 5 heteroatoms. The van der Waals surface area contributed by atoms with Crippen molar-refractivity contribution in [1.29, 1.82) is 0 Å². The smallest absolute Gasteiger partial charge is 0.253 e. The van der Waals surface area contributed by atoms with Crippen LogP contribution in [0.2, 0.25) is 5.02 Å². The van der Waals surface area contributed by atoms with E-state index in [4.69, 9.17) is 11.6 Å². The molecule has 0 aliphatic rings. The van der Waals surface area contributed by atoms with E-state index in [0.29, 0.717) is 10.6 Å². The third-order valence-corrected chi connectivity index (χ3v) is 3.46. The Balaban J connectivity index is 2.78. The van der Waals surface area contributed by atoms with Crippen LogP contribution in [0.15, 0.2) is 18.2 Å². The number of halogens is 1. The summed E-state index contributed by atoms with van der Waals surface area (Å²) in [5.41, 5.74) is 0.311. The molecule has 0 saturated carbocycles. The number of carbonyl (C=O) groups is 1. The van der Waals surface area contributed by atoms with Crippen LogP contribution in [-0.4, -0.2) is 29.1 Å². The molecule has 0 heterocycles. The standard InChI is InChI=1S/C12H16ClNO2S/c1-3-8(7-17-2)14-12(16)10-6-9(15)4-5-11(10)13/h4-6,8,15H,3,7H2,1-2H3,(H,14,16). The Morgan fingerprint density at radius 3 is 2.88 bits per heavy atom. The molecule has 1 rings (SSSR count). The van der Waals surface area contributed by atoms with Gasteiger partial charge < -0.3 is 10.4 Å². The lowest BCUT2D eigenvalue weighted by Gasteiger charge is -2.16. The highest BCUT2D eigenvalue weighted by molar-refractivity contribution is 7.98. The molecule has 3 nitrogen and oxygen atoms in total. The van der Waals surface area contributed by atoms with E-state index in [9.17, 15) is 9.90 Å². The molecule has 1 amide bonds. The molecule has 1 aromatic rings. The minimum Gasteiger partial charge on any atom is -0.508 e. The van der Waals surface area contributed by atoms with E-state index in [-0.39, 0.29) is 17.7 Å². The van der Waals surface area contributed by atoms with E-state index in [1.54, 1.807) is 11.8 Å². The van der Waals surface area contributed by atoms with Gasteiger partial charge in [-0.2, -0.15) is 11.8 Å². The molecule has 0 aliphatic heterocycles. The summed E-state index contributed by atoms with van der Waals surface area (Å²) in [6.45, 7) is 2.02. The molecule has 17 heavy (non-hydrogen) atoms. The molecule has 94 valence electrons. The number of thioether (sulfide) groups is 1. The molecule has 2 N–H and O–H groups in total. The Labute approximate surface area is 111 Å². The van der Waals surface area contributed by atoms with Crippen molar-refractivity contribution in [3.8, 4) is 5.75 Å². The first-order valence-corrected chi connectivity index (χ1v) is 7.14. The Morgan fingerprint density at radius 1 is 1.59 bits per heavy atom. The highest BCUT2D eigenvalue weighted by Gasteiger charge is 2.15. The van der Waals surface area contributed by atoms with Crippen LogP contribution in [0, 0.1) is 0 Å². The fourth-order valence-electron chi connectivity index (χ4n) is 1.41. The number of aromatic hydroxyl groups is 1. The average Bonchev–Trinajstić information content (AvgIpc) is 2.31. The molecule has 0 aromatic heterocycles. The van der Waals surface area contributed by atoms with Crippen molar-refractivity contribution in [2.45, 2.75) is 19.4 Å². The van der Waals surface area contributed by atoms with Crippen LogP contribution < -0.4 is 5.32 Å². The van der Waals surface area contributed by atoms with Gasteiger partial charge in [-0.1, -0.05) is 18.5 Å². The van der Waals surface area contributed by atoms with Gasteiger partial charge >= 0.3 is 0 Å². The maximum Gasteiger partial charge on any atom is 0.253 e. The van der Waals surface area contributed by atoms with Crippen LogP contribution in [0.5, 0.6) is 5.75 Å². The lowest BCUT2D eigenvalue weighted by Crippen LogP contribution is -2.36. The summed E-state index contributed by atoms with van der Waals surface area (Å²) in [7, 11) is 0. The SMILES string of the molecule is CCC(CSC)NC(=O)c1cc(O)ccc1Cl. The van der Waals surface area contributed by atoms with Gasteiger partial charge in [-0.25, -0.2) is 0 Å². The fourth-order valence-corrected chi connectivity index (χ4v) is 2.34. The van der Waals surface area contributed by atoms with Gasteiger partial charge in [0.15, 0.2) is 0 Å². The molecule has 0 radical (unpaired) electrons. The largest absolute Gasteiger partial charge is 0.508 e. The van der Waals surface area contributed by atoms with Crippen molar-refractivity contribution in [2.24, 2.45) is 0 Å². The van der Waals surface area contributed by atoms with Crippen molar-refractivity contribution in [2.75, 3.05) is 12.0 Å². The fraction of sp³-hybridized carbons (Fsp3) is 0.417. The molecular weight excluding hydrogens is 258 g/mol. The van der Waals surface area contributed by atoms with Gasteiger partial charge in [0.2, 0.25) is 0 Å². The van der Waals surface area contributed by atoms with Gasteiger partial charge in [0.05, 0.1) is 10.6 Å². The highest BCUT2D eigenvalue weighted by atomic mass is 35.5. The van der Waals surface area contributed by atoms with Gasteiger partial charge in [0.25, 0.3) is 5.91 Å². The third-order valence-electron chi connectivity index (χ3n) is 2.39. The third kappa shape index (κ3) is 4.13. The van der Waals surface area contributed by atoms with Crippen molar-refractivity contribution in [3.63, 3.8) is 0 Å². The van der Waals surface area contributed by atoms with Crippen molar-refractivity contribution < 1.29 is 9.90 Å². The van der Waals surface area contributed by atoms with E-state index >= 15 is 0 Å². The van der Waals surface area contributed by atoms with Crippen LogP contribution >= 0.6 is 23.4 Å². The quantitative estimate of drug-likeness (QED) is 0.867. The lowest BCUT2D eigenvalue weighted by atomic mass is 10.1. The van der Waals surface area contributed by atoms with Crippen molar-refractivity contribution in [3.05, 3.63) is 28.8 Å².